The van der Waals surface area contributed by atoms with E-state index in [2.05, 4.69) is 15.7 Å². The molecule has 0 saturated carbocycles. The number of hydrogen-bond acceptors (Lipinski definition) is 5. The van der Waals surface area contributed by atoms with Crippen LogP contribution in [-0.2, 0) is 0 Å². The van der Waals surface area contributed by atoms with Crippen LogP contribution in [0, 0.1) is 0 Å². The summed E-state index contributed by atoms with van der Waals surface area (Å²) in [7, 11) is 38.3. The normalized spacial score (nSPS) is 20.2. The third-order valence-corrected chi connectivity index (χ3v) is 4.93. The minimum atomic E-state index is -1.44. The molecule has 12 radical (unpaired) electrons. The summed E-state index contributed by atoms with van der Waals surface area (Å²) >= 11 is 0.962. The molecular formula is C14H17B6N3OS. The lowest BCUT2D eigenvalue weighted by molar-refractivity contribution is 0.215. The molecule has 2 heterocycles. The first-order chi connectivity index (χ1) is 11.5. The number of hydrogen-bond donors (Lipinski definition) is 0. The molecular weight excluding hydrogens is 323 g/mol. The van der Waals surface area contributed by atoms with Gasteiger partial charge in [0.25, 0.3) is 5.88 Å². The average molecular weight is 340 g/mol. The number of ether oxygens (including phenoxy) is 1. The molecule has 11 heteroatoms. The van der Waals surface area contributed by atoms with Crippen LogP contribution >= 0.6 is 11.7 Å². The van der Waals surface area contributed by atoms with Crippen LogP contribution in [-0.4, -0.2) is 83.8 Å². The monoisotopic (exact) mass is 341 g/mol. The smallest absolute Gasteiger partial charge is 0.252 e. The molecule has 118 valence electrons. The SMILES string of the molecule is [B]C([B])(CCCCC)Oc1nsnc1C1=CCC([B])([B])N(C)C1([B])[B]. The number of rotatable bonds is 7. The molecule has 0 atom stereocenters. The van der Waals surface area contributed by atoms with Crippen molar-refractivity contribution >= 4 is 64.4 Å². The highest BCUT2D eigenvalue weighted by atomic mass is 32.1. The average Bonchev–Trinajstić information content (AvgIpc) is 2.92. The van der Waals surface area contributed by atoms with E-state index in [9.17, 15) is 0 Å². The number of aromatic nitrogens is 2. The lowest BCUT2D eigenvalue weighted by Gasteiger charge is -2.52. The van der Waals surface area contributed by atoms with Gasteiger partial charge < -0.3 is 9.64 Å². The quantitative estimate of drug-likeness (QED) is 0.525. The van der Waals surface area contributed by atoms with Crippen LogP contribution in [0.5, 0.6) is 5.88 Å². The maximum atomic E-state index is 6.26. The summed E-state index contributed by atoms with van der Waals surface area (Å²) in [5.74, 6) is 0.202. The van der Waals surface area contributed by atoms with Crippen LogP contribution in [0.4, 0.5) is 0 Å². The minimum absolute atomic E-state index is 0.202. The Labute approximate surface area is 162 Å². The summed E-state index contributed by atoms with van der Waals surface area (Å²) in [4.78, 5) is 1.48. The van der Waals surface area contributed by atoms with Gasteiger partial charge in [0.1, 0.15) is 21.4 Å². The molecule has 0 N–H and O–H groups in total. The summed E-state index contributed by atoms with van der Waals surface area (Å²) in [5, 5.41) is -3.95. The third-order valence-electron chi connectivity index (χ3n) is 4.42. The Morgan fingerprint density at radius 1 is 1.24 bits per heavy atom. The van der Waals surface area contributed by atoms with Gasteiger partial charge in [0, 0.05) is 5.40 Å². The summed E-state index contributed by atoms with van der Waals surface area (Å²) in [5.41, 5.74) is 0.905. The van der Waals surface area contributed by atoms with Crippen molar-refractivity contribution in [3.05, 3.63) is 11.8 Å². The van der Waals surface area contributed by atoms with E-state index in [1.807, 2.05) is 0 Å². The van der Waals surface area contributed by atoms with Crippen LogP contribution < -0.4 is 4.74 Å². The predicted molar refractivity (Wildman–Crippen MR) is 108 cm³/mol. The second-order valence-corrected chi connectivity index (χ2v) is 7.16. The first kappa shape index (κ1) is 20.8. The fourth-order valence-electron chi connectivity index (χ4n) is 2.67. The Balaban J connectivity index is 2.25. The van der Waals surface area contributed by atoms with E-state index in [0.717, 1.165) is 31.0 Å². The van der Waals surface area contributed by atoms with Crippen molar-refractivity contribution in [3.8, 4) is 5.88 Å². The molecule has 0 amide bonds. The summed E-state index contributed by atoms with van der Waals surface area (Å²) in [6.07, 6.45) is 5.49. The third kappa shape index (κ3) is 4.60. The standard InChI is InChI=1S/C14H17B6N3OS/c1-3-4-5-7-13(17,18)24-11-10(21-25-22-11)9-6-8-12(15,16)23(2)14(9,19)20/h6H,3-5,7-8H2,1-2H3. The number of unbranched alkanes of at least 4 members (excludes halogenated alkanes) is 2. The van der Waals surface area contributed by atoms with Gasteiger partial charge in [-0.2, -0.15) is 4.37 Å². The fourth-order valence-corrected chi connectivity index (χ4v) is 3.17. The van der Waals surface area contributed by atoms with Gasteiger partial charge in [0.05, 0.1) is 43.1 Å². The molecule has 25 heavy (non-hydrogen) atoms. The highest BCUT2D eigenvalue weighted by molar-refractivity contribution is 6.99. The molecule has 1 aromatic rings. The van der Waals surface area contributed by atoms with Crippen molar-refractivity contribution in [1.82, 2.24) is 13.6 Å². The van der Waals surface area contributed by atoms with Gasteiger partial charge in [-0.25, -0.2) is 0 Å². The molecule has 0 unspecified atom stereocenters. The molecule has 2 rings (SSSR count). The number of likely N-dealkylation sites (N-methyl/N-ethyl adjacent to an activating group) is 1. The van der Waals surface area contributed by atoms with Gasteiger partial charge in [-0.15, -0.1) is 4.37 Å². The van der Waals surface area contributed by atoms with Crippen LogP contribution in [0.15, 0.2) is 6.08 Å². The number of nitrogens with zero attached hydrogens (tertiary/aromatic N) is 3. The fraction of sp³-hybridized carbons (Fsp3) is 0.714. The van der Waals surface area contributed by atoms with Crippen LogP contribution in [0.3, 0.4) is 0 Å². The second kappa shape index (κ2) is 7.59. The van der Waals surface area contributed by atoms with E-state index in [1.54, 1.807) is 13.1 Å². The topological polar surface area (TPSA) is 38.3 Å². The van der Waals surface area contributed by atoms with Crippen LogP contribution in [0.1, 0.15) is 44.7 Å². The molecule has 1 aliphatic rings. The molecule has 0 bridgehead atoms. The van der Waals surface area contributed by atoms with E-state index >= 15 is 0 Å². The van der Waals surface area contributed by atoms with Crippen molar-refractivity contribution < 1.29 is 4.74 Å². The van der Waals surface area contributed by atoms with Gasteiger partial charge in [-0.05, 0) is 30.8 Å². The molecule has 1 aromatic heterocycles. The molecule has 4 nitrogen and oxygen atoms in total. The van der Waals surface area contributed by atoms with E-state index < -0.39 is 16.1 Å². The Morgan fingerprint density at radius 2 is 1.92 bits per heavy atom. The maximum Gasteiger partial charge on any atom is 0.252 e. The van der Waals surface area contributed by atoms with Crippen molar-refractivity contribution in [2.45, 2.75) is 55.1 Å². The zero-order chi connectivity index (χ0) is 18.9. The molecule has 0 fully saturated rings. The first-order valence-corrected chi connectivity index (χ1v) is 8.94. The lowest BCUT2D eigenvalue weighted by Crippen LogP contribution is -2.63. The predicted octanol–water partition coefficient (Wildman–Crippen LogP) is 0.188. The zero-order valence-corrected chi connectivity index (χ0v) is 15.6. The Kier molecular flexibility index (Phi) is 6.31. The van der Waals surface area contributed by atoms with E-state index in [0.29, 0.717) is 24.1 Å². The molecule has 0 aromatic carbocycles. The Bertz CT molecular complexity index is 634. The summed E-state index contributed by atoms with van der Waals surface area (Å²) < 4.78 is 14.1. The molecule has 1 aliphatic heterocycles. The highest BCUT2D eigenvalue weighted by Crippen LogP contribution is 2.39. The van der Waals surface area contributed by atoms with Gasteiger partial charge >= 0.3 is 0 Å². The maximum absolute atomic E-state index is 6.26. The first-order valence-electron chi connectivity index (χ1n) is 8.21. The summed E-state index contributed by atoms with van der Waals surface area (Å²) in [6, 6.07) is 0. The van der Waals surface area contributed by atoms with Crippen molar-refractivity contribution in [1.29, 1.82) is 0 Å². The van der Waals surface area contributed by atoms with E-state index in [1.165, 1.54) is 4.90 Å². The minimum Gasteiger partial charge on any atom is -0.489 e. The molecule has 0 saturated heterocycles. The van der Waals surface area contributed by atoms with Crippen molar-refractivity contribution in [3.63, 3.8) is 0 Å². The largest absolute Gasteiger partial charge is 0.489 e. The second-order valence-electron chi connectivity index (χ2n) is 6.63. The Morgan fingerprint density at radius 3 is 2.56 bits per heavy atom. The van der Waals surface area contributed by atoms with Crippen LogP contribution in [0.25, 0.3) is 5.57 Å². The van der Waals surface area contributed by atoms with Gasteiger partial charge in [0.15, 0.2) is 0 Å². The van der Waals surface area contributed by atoms with Gasteiger partial charge in [-0.1, -0.05) is 37.6 Å². The van der Waals surface area contributed by atoms with Crippen LogP contribution in [0.2, 0.25) is 0 Å². The zero-order valence-electron chi connectivity index (χ0n) is 14.7. The van der Waals surface area contributed by atoms with Gasteiger partial charge in [-0.3, -0.25) is 0 Å². The van der Waals surface area contributed by atoms with Crippen molar-refractivity contribution in [2.24, 2.45) is 0 Å². The lowest BCUT2D eigenvalue weighted by atomic mass is 9.47. The van der Waals surface area contributed by atoms with E-state index in [4.69, 9.17) is 51.8 Å². The Hall–Kier alpha value is -0.550. The van der Waals surface area contributed by atoms with Gasteiger partial charge in [0.2, 0.25) is 0 Å². The van der Waals surface area contributed by atoms with Crippen molar-refractivity contribution in [2.75, 3.05) is 7.05 Å². The van der Waals surface area contributed by atoms with E-state index in [-0.39, 0.29) is 5.88 Å². The summed E-state index contributed by atoms with van der Waals surface area (Å²) in [6.45, 7) is 2.10. The highest BCUT2D eigenvalue weighted by Gasteiger charge is 2.41. The molecule has 0 aliphatic carbocycles. The molecule has 0 spiro atoms.